The number of fused-ring (bicyclic) bond motifs is 9. The molecule has 12 aromatic rings. The topological polar surface area (TPSA) is 8.17 Å². The summed E-state index contributed by atoms with van der Waals surface area (Å²) in [7, 11) is 0. The normalized spacial score (nSPS) is 11.8. The first kappa shape index (κ1) is 33.2. The van der Waals surface area contributed by atoms with E-state index in [4.69, 9.17) is 0 Å². The second-order valence-electron chi connectivity index (χ2n) is 14.9. The van der Waals surface area contributed by atoms with Gasteiger partial charge in [0.25, 0.3) is 0 Å². The molecule has 0 atom stereocenters. The van der Waals surface area contributed by atoms with Gasteiger partial charge in [-0.25, -0.2) is 0 Å². The third-order valence-corrected chi connectivity index (χ3v) is 14.0. The maximum Gasteiger partial charge on any atom is 0.0640 e. The van der Waals surface area contributed by atoms with Crippen molar-refractivity contribution in [2.75, 3.05) is 4.90 Å². The Bertz CT molecular complexity index is 3480. The van der Waals surface area contributed by atoms with E-state index in [1.54, 1.807) is 0 Å². The van der Waals surface area contributed by atoms with E-state index in [-0.39, 0.29) is 0 Å². The van der Waals surface area contributed by atoms with E-state index in [9.17, 15) is 0 Å². The van der Waals surface area contributed by atoms with Crippen LogP contribution in [0.2, 0.25) is 0 Å². The first-order valence-corrected chi connectivity index (χ1v) is 21.3. The fourth-order valence-corrected chi connectivity index (χ4v) is 11.5. The van der Waals surface area contributed by atoms with Crippen molar-refractivity contribution in [1.82, 2.24) is 4.57 Å². The van der Waals surface area contributed by atoms with Crippen LogP contribution in [0, 0.1) is 0 Å². The molecule has 0 bridgehead atoms. The van der Waals surface area contributed by atoms with Gasteiger partial charge in [0.05, 0.1) is 27.1 Å². The highest BCUT2D eigenvalue weighted by molar-refractivity contribution is 7.26. The fraction of sp³-hybridized carbons (Fsp3) is 0. The molecule has 3 aromatic heterocycles. The zero-order valence-electron chi connectivity index (χ0n) is 31.3. The monoisotopic (exact) mass is 774 g/mol. The summed E-state index contributed by atoms with van der Waals surface area (Å²) in [6.45, 7) is 0. The molecule has 9 aromatic carbocycles. The van der Waals surface area contributed by atoms with Crippen LogP contribution < -0.4 is 4.90 Å². The maximum atomic E-state index is 2.48. The van der Waals surface area contributed by atoms with Gasteiger partial charge in [-0.2, -0.15) is 0 Å². The third-order valence-electron chi connectivity index (χ3n) is 11.6. The summed E-state index contributed by atoms with van der Waals surface area (Å²) < 4.78 is 7.61. The Labute approximate surface area is 343 Å². The van der Waals surface area contributed by atoms with E-state index in [1.165, 1.54) is 90.1 Å². The Morgan fingerprint density at radius 1 is 0.345 bits per heavy atom. The van der Waals surface area contributed by atoms with Crippen LogP contribution in [0.25, 0.3) is 90.1 Å². The van der Waals surface area contributed by atoms with Crippen LogP contribution >= 0.6 is 22.7 Å². The molecule has 0 aliphatic rings. The summed E-state index contributed by atoms with van der Waals surface area (Å²) in [5, 5.41) is 7.69. The van der Waals surface area contributed by atoms with Crippen molar-refractivity contribution in [2.24, 2.45) is 0 Å². The predicted molar refractivity (Wildman–Crippen MR) is 252 cm³/mol. The molecule has 272 valence electrons. The second-order valence-corrected chi connectivity index (χ2v) is 17.0. The highest BCUT2D eigenvalue weighted by atomic mass is 32.1. The molecule has 3 heterocycles. The van der Waals surface area contributed by atoms with Gasteiger partial charge in [0, 0.05) is 63.4 Å². The lowest BCUT2D eigenvalue weighted by Gasteiger charge is -2.27. The zero-order chi connectivity index (χ0) is 38.2. The Morgan fingerprint density at radius 2 is 0.914 bits per heavy atom. The minimum atomic E-state index is 1.12. The number of anilines is 3. The lowest BCUT2D eigenvalue weighted by molar-refractivity contribution is 1.18. The van der Waals surface area contributed by atoms with Gasteiger partial charge in [0.15, 0.2) is 0 Å². The Hall–Kier alpha value is -6.98. The van der Waals surface area contributed by atoms with E-state index in [1.807, 2.05) is 22.7 Å². The van der Waals surface area contributed by atoms with Crippen LogP contribution in [-0.2, 0) is 0 Å². The van der Waals surface area contributed by atoms with Crippen LogP contribution in [0.4, 0.5) is 17.1 Å². The Kier molecular flexibility index (Phi) is 7.62. The van der Waals surface area contributed by atoms with E-state index in [2.05, 4.69) is 216 Å². The van der Waals surface area contributed by atoms with E-state index in [0.717, 1.165) is 17.1 Å². The average molecular weight is 775 g/mol. The number of rotatable bonds is 6. The SMILES string of the molecule is c1ccc(-c2cccc3c2sc2cc(N(c4cccc(-c5ccccc5-n5c6ccccc6c6ccccc65)c4)c4cccc5c4sc4ccccc45)ccc23)cc1. The quantitative estimate of drug-likeness (QED) is 0.163. The van der Waals surface area contributed by atoms with Crippen LogP contribution in [0.1, 0.15) is 0 Å². The van der Waals surface area contributed by atoms with Crippen molar-refractivity contribution in [3.8, 4) is 27.9 Å². The number of aromatic nitrogens is 1. The molecule has 2 nitrogen and oxygen atoms in total. The lowest BCUT2D eigenvalue weighted by atomic mass is 10.0. The maximum absolute atomic E-state index is 2.48. The zero-order valence-corrected chi connectivity index (χ0v) is 33.0. The van der Waals surface area contributed by atoms with Crippen molar-refractivity contribution in [3.63, 3.8) is 0 Å². The summed E-state index contributed by atoms with van der Waals surface area (Å²) >= 11 is 3.76. The largest absolute Gasteiger partial charge is 0.309 e. The van der Waals surface area contributed by atoms with Gasteiger partial charge in [-0.15, -0.1) is 22.7 Å². The highest BCUT2D eigenvalue weighted by Crippen LogP contribution is 2.48. The van der Waals surface area contributed by atoms with Gasteiger partial charge in [-0.05, 0) is 71.3 Å². The van der Waals surface area contributed by atoms with Crippen molar-refractivity contribution >= 4 is 102 Å². The van der Waals surface area contributed by atoms with Gasteiger partial charge < -0.3 is 9.47 Å². The van der Waals surface area contributed by atoms with Crippen LogP contribution in [0.5, 0.6) is 0 Å². The fourth-order valence-electron chi connectivity index (χ4n) is 9.01. The molecule has 0 saturated carbocycles. The van der Waals surface area contributed by atoms with E-state index >= 15 is 0 Å². The van der Waals surface area contributed by atoms with Crippen molar-refractivity contribution in [1.29, 1.82) is 0 Å². The van der Waals surface area contributed by atoms with Gasteiger partial charge in [-0.3, -0.25) is 0 Å². The summed E-state index contributed by atoms with van der Waals surface area (Å²) in [4.78, 5) is 2.48. The number of para-hydroxylation sites is 3. The van der Waals surface area contributed by atoms with Gasteiger partial charge in [0.1, 0.15) is 0 Å². The molecule has 12 rings (SSSR count). The number of hydrogen-bond donors (Lipinski definition) is 0. The van der Waals surface area contributed by atoms with Gasteiger partial charge in [0.2, 0.25) is 0 Å². The minimum Gasteiger partial charge on any atom is -0.309 e. The van der Waals surface area contributed by atoms with Crippen molar-refractivity contribution < 1.29 is 0 Å². The van der Waals surface area contributed by atoms with Crippen LogP contribution in [-0.4, -0.2) is 4.57 Å². The van der Waals surface area contributed by atoms with Crippen molar-refractivity contribution in [2.45, 2.75) is 0 Å². The Morgan fingerprint density at radius 3 is 1.74 bits per heavy atom. The number of benzene rings is 9. The molecular weight excluding hydrogens is 741 g/mol. The van der Waals surface area contributed by atoms with Gasteiger partial charge in [-0.1, -0.05) is 152 Å². The molecule has 0 radical (unpaired) electrons. The average Bonchev–Trinajstić information content (AvgIpc) is 3.97. The first-order chi connectivity index (χ1) is 28.8. The molecule has 0 aliphatic carbocycles. The molecule has 0 fully saturated rings. The molecule has 0 spiro atoms. The summed E-state index contributed by atoms with van der Waals surface area (Å²) in [6.07, 6.45) is 0. The van der Waals surface area contributed by atoms with E-state index < -0.39 is 0 Å². The smallest absolute Gasteiger partial charge is 0.0640 e. The summed E-state index contributed by atoms with van der Waals surface area (Å²) in [6, 6.07) is 75.6. The van der Waals surface area contributed by atoms with E-state index in [0.29, 0.717) is 0 Å². The first-order valence-electron chi connectivity index (χ1n) is 19.7. The molecular formula is C54H34N2S2. The van der Waals surface area contributed by atoms with Crippen LogP contribution in [0.15, 0.2) is 206 Å². The third kappa shape index (κ3) is 5.16. The number of hydrogen-bond acceptors (Lipinski definition) is 3. The lowest BCUT2D eigenvalue weighted by Crippen LogP contribution is -2.10. The molecule has 0 N–H and O–H groups in total. The predicted octanol–water partition coefficient (Wildman–Crippen LogP) is 16.3. The molecule has 0 saturated heterocycles. The molecule has 58 heavy (non-hydrogen) atoms. The van der Waals surface area contributed by atoms with Crippen molar-refractivity contribution in [3.05, 3.63) is 206 Å². The standard InChI is InChI=1S/C54H34N2S2/c1-2-15-35(16-3-1)40-23-13-24-45-44-32-31-38(34-52(44)58-53(40)45)55(50-29-14-25-46-43-22-7-11-30-51(43)57-54(46)50)37-18-12-17-36(33-37)39-19-4-8-26-47(39)56-48-27-9-5-20-41(48)42-21-6-10-28-49(42)56/h1-34H. The number of thiophene rings is 2. The molecule has 0 unspecified atom stereocenters. The van der Waals surface area contributed by atoms with Crippen LogP contribution in [0.3, 0.4) is 0 Å². The molecule has 0 aliphatic heterocycles. The second kappa shape index (κ2) is 13.3. The highest BCUT2D eigenvalue weighted by Gasteiger charge is 2.21. The summed E-state index contributed by atoms with van der Waals surface area (Å²) in [5.74, 6) is 0. The minimum absolute atomic E-state index is 1.12. The molecule has 4 heteroatoms. The van der Waals surface area contributed by atoms with Gasteiger partial charge >= 0.3 is 0 Å². The molecule has 0 amide bonds. The summed E-state index contributed by atoms with van der Waals surface area (Å²) in [5.41, 5.74) is 11.9. The number of nitrogens with zero attached hydrogens (tertiary/aromatic N) is 2. The Balaban J connectivity index is 1.08.